The van der Waals surface area contributed by atoms with Crippen LogP contribution in [-0.4, -0.2) is 54.2 Å². The molecule has 1 aromatic rings. The Balaban J connectivity index is 2.44. The third-order valence-electron chi connectivity index (χ3n) is 2.37. The number of benzene rings is 1. The number of halogens is 2. The zero-order valence-electron chi connectivity index (χ0n) is 10.7. The summed E-state index contributed by atoms with van der Waals surface area (Å²) in [4.78, 5) is 13.0. The van der Waals surface area contributed by atoms with Crippen LogP contribution in [0.15, 0.2) is 18.2 Å². The minimum absolute atomic E-state index is 0.0897. The number of hydrogen-bond acceptors (Lipinski definition) is 4. The molecule has 0 aliphatic heterocycles. The summed E-state index contributed by atoms with van der Waals surface area (Å²) in [5.41, 5.74) is 0. The molecule has 0 atom stereocenters. The fourth-order valence-electron chi connectivity index (χ4n) is 1.44. The molecule has 2 amide bonds. The Morgan fingerprint density at radius 1 is 1.25 bits per heavy atom. The Bertz CT molecular complexity index is 439. The Morgan fingerprint density at radius 3 is 2.45 bits per heavy atom. The Labute approximate surface area is 126 Å². The maximum atomic E-state index is 11.7. The zero-order valence-corrected chi connectivity index (χ0v) is 12.2. The molecule has 0 heterocycles. The van der Waals surface area contributed by atoms with Crippen molar-refractivity contribution < 1.29 is 19.7 Å². The van der Waals surface area contributed by atoms with Gasteiger partial charge in [-0.15, -0.1) is 0 Å². The van der Waals surface area contributed by atoms with E-state index in [1.165, 1.54) is 11.0 Å². The van der Waals surface area contributed by atoms with E-state index in [4.69, 9.17) is 38.2 Å². The normalized spacial score (nSPS) is 10.2. The summed E-state index contributed by atoms with van der Waals surface area (Å²) in [5, 5.41) is 21.0. The van der Waals surface area contributed by atoms with Gasteiger partial charge in [0.05, 0.1) is 18.2 Å². The SMILES string of the molecule is O=C(NCOc1ccc(Cl)cc1Cl)N(CCO)CCO. The molecule has 0 radical (unpaired) electrons. The van der Waals surface area contributed by atoms with E-state index in [0.29, 0.717) is 15.8 Å². The first-order valence-electron chi connectivity index (χ1n) is 5.90. The predicted octanol–water partition coefficient (Wildman–Crippen LogP) is 1.33. The third-order valence-corrected chi connectivity index (χ3v) is 2.90. The van der Waals surface area contributed by atoms with Crippen molar-refractivity contribution in [3.8, 4) is 5.75 Å². The largest absolute Gasteiger partial charge is 0.472 e. The predicted molar refractivity (Wildman–Crippen MR) is 76.2 cm³/mol. The highest BCUT2D eigenvalue weighted by Crippen LogP contribution is 2.27. The second-order valence-corrected chi connectivity index (χ2v) is 4.62. The number of aliphatic hydroxyl groups excluding tert-OH is 2. The highest BCUT2D eigenvalue weighted by Gasteiger charge is 2.11. The second kappa shape index (κ2) is 8.86. The zero-order chi connectivity index (χ0) is 15.0. The van der Waals surface area contributed by atoms with Gasteiger partial charge in [-0.25, -0.2) is 4.79 Å². The molecule has 0 unspecified atom stereocenters. The van der Waals surface area contributed by atoms with Crippen molar-refractivity contribution in [2.45, 2.75) is 0 Å². The van der Waals surface area contributed by atoms with Gasteiger partial charge in [0.2, 0.25) is 0 Å². The van der Waals surface area contributed by atoms with Crippen LogP contribution in [0.2, 0.25) is 10.0 Å². The molecule has 0 saturated heterocycles. The maximum absolute atomic E-state index is 11.7. The van der Waals surface area contributed by atoms with Gasteiger partial charge in [0.1, 0.15) is 5.75 Å². The van der Waals surface area contributed by atoms with Gasteiger partial charge in [0.15, 0.2) is 6.73 Å². The number of rotatable bonds is 7. The van der Waals surface area contributed by atoms with Crippen LogP contribution >= 0.6 is 23.2 Å². The number of urea groups is 1. The van der Waals surface area contributed by atoms with E-state index in [2.05, 4.69) is 5.32 Å². The van der Waals surface area contributed by atoms with E-state index in [9.17, 15) is 4.79 Å². The fraction of sp³-hybridized carbons (Fsp3) is 0.417. The van der Waals surface area contributed by atoms with Crippen molar-refractivity contribution in [2.75, 3.05) is 33.0 Å². The van der Waals surface area contributed by atoms with Gasteiger partial charge >= 0.3 is 6.03 Å². The molecule has 0 bridgehead atoms. The van der Waals surface area contributed by atoms with Crippen molar-refractivity contribution in [2.24, 2.45) is 0 Å². The molecule has 0 spiro atoms. The lowest BCUT2D eigenvalue weighted by Crippen LogP contribution is -2.44. The van der Waals surface area contributed by atoms with Crippen molar-refractivity contribution in [3.63, 3.8) is 0 Å². The average Bonchev–Trinajstić information content (AvgIpc) is 2.41. The van der Waals surface area contributed by atoms with E-state index in [1.807, 2.05) is 0 Å². The smallest absolute Gasteiger partial charge is 0.320 e. The molecule has 1 aromatic carbocycles. The Kier molecular flexibility index (Phi) is 7.46. The van der Waals surface area contributed by atoms with Gasteiger partial charge in [-0.05, 0) is 18.2 Å². The molecule has 0 saturated carbocycles. The molecular weight excluding hydrogens is 307 g/mol. The van der Waals surface area contributed by atoms with Crippen LogP contribution in [-0.2, 0) is 0 Å². The van der Waals surface area contributed by atoms with Crippen molar-refractivity contribution >= 4 is 29.2 Å². The molecule has 8 heteroatoms. The number of nitrogens with zero attached hydrogens (tertiary/aromatic N) is 1. The van der Waals surface area contributed by atoms with Crippen molar-refractivity contribution in [1.82, 2.24) is 10.2 Å². The van der Waals surface area contributed by atoms with Gasteiger partial charge in [-0.3, -0.25) is 0 Å². The number of carbonyl (C=O) groups excluding carboxylic acids is 1. The molecule has 0 fully saturated rings. The van der Waals surface area contributed by atoms with E-state index < -0.39 is 6.03 Å². The molecule has 112 valence electrons. The summed E-state index contributed by atoms with van der Waals surface area (Å²) < 4.78 is 5.29. The third kappa shape index (κ3) is 5.42. The summed E-state index contributed by atoms with van der Waals surface area (Å²) in [6.45, 7) is -0.190. The van der Waals surface area contributed by atoms with Crippen LogP contribution in [0.25, 0.3) is 0 Å². The Hall–Kier alpha value is -1.21. The van der Waals surface area contributed by atoms with Gasteiger partial charge in [0.25, 0.3) is 0 Å². The van der Waals surface area contributed by atoms with Gasteiger partial charge in [-0.2, -0.15) is 0 Å². The molecule has 0 aliphatic carbocycles. The van der Waals surface area contributed by atoms with E-state index in [1.54, 1.807) is 12.1 Å². The van der Waals surface area contributed by atoms with Crippen LogP contribution in [0, 0.1) is 0 Å². The topological polar surface area (TPSA) is 82.0 Å². The summed E-state index contributed by atoms with van der Waals surface area (Å²) in [5.74, 6) is 0.396. The first kappa shape index (κ1) is 16.8. The summed E-state index contributed by atoms with van der Waals surface area (Å²) in [6, 6.07) is 4.30. The molecular formula is C12H16Cl2N2O4. The quantitative estimate of drug-likeness (QED) is 0.661. The first-order valence-corrected chi connectivity index (χ1v) is 6.66. The molecule has 20 heavy (non-hydrogen) atoms. The number of ether oxygens (including phenoxy) is 1. The second-order valence-electron chi connectivity index (χ2n) is 3.78. The highest BCUT2D eigenvalue weighted by molar-refractivity contribution is 6.35. The fourth-order valence-corrected chi connectivity index (χ4v) is 1.90. The lowest BCUT2D eigenvalue weighted by molar-refractivity contribution is 0.151. The minimum Gasteiger partial charge on any atom is -0.472 e. The van der Waals surface area contributed by atoms with Crippen LogP contribution in [0.1, 0.15) is 0 Å². The van der Waals surface area contributed by atoms with E-state index in [-0.39, 0.29) is 33.0 Å². The lowest BCUT2D eigenvalue weighted by Gasteiger charge is -2.21. The number of hydrogen-bond donors (Lipinski definition) is 3. The number of aliphatic hydroxyl groups is 2. The number of carbonyl (C=O) groups is 1. The standard InChI is InChI=1S/C12H16Cl2N2O4/c13-9-1-2-11(10(14)7-9)20-8-15-12(19)16(3-5-17)4-6-18/h1-2,7,17-18H,3-6,8H2,(H,15,19). The average molecular weight is 323 g/mol. The monoisotopic (exact) mass is 322 g/mol. The van der Waals surface area contributed by atoms with Gasteiger partial charge in [-0.1, -0.05) is 23.2 Å². The first-order chi connectivity index (χ1) is 9.58. The highest BCUT2D eigenvalue weighted by atomic mass is 35.5. The lowest BCUT2D eigenvalue weighted by atomic mass is 10.3. The van der Waals surface area contributed by atoms with Crippen LogP contribution in [0.5, 0.6) is 5.75 Å². The molecule has 3 N–H and O–H groups in total. The Morgan fingerprint density at radius 2 is 1.90 bits per heavy atom. The maximum Gasteiger partial charge on any atom is 0.320 e. The van der Waals surface area contributed by atoms with E-state index >= 15 is 0 Å². The molecule has 0 aliphatic rings. The summed E-state index contributed by atoms with van der Waals surface area (Å²) in [6.07, 6.45) is 0. The summed E-state index contributed by atoms with van der Waals surface area (Å²) in [7, 11) is 0. The van der Waals surface area contributed by atoms with Crippen LogP contribution in [0.4, 0.5) is 4.79 Å². The number of nitrogens with one attached hydrogen (secondary N) is 1. The van der Waals surface area contributed by atoms with Crippen LogP contribution < -0.4 is 10.1 Å². The molecule has 1 rings (SSSR count). The van der Waals surface area contributed by atoms with E-state index in [0.717, 1.165) is 0 Å². The molecule has 0 aromatic heterocycles. The minimum atomic E-state index is -0.446. The van der Waals surface area contributed by atoms with Gasteiger partial charge in [0, 0.05) is 18.1 Å². The summed E-state index contributed by atoms with van der Waals surface area (Å²) >= 11 is 11.7. The van der Waals surface area contributed by atoms with Crippen molar-refractivity contribution in [3.05, 3.63) is 28.2 Å². The van der Waals surface area contributed by atoms with Crippen molar-refractivity contribution in [1.29, 1.82) is 0 Å². The van der Waals surface area contributed by atoms with Crippen LogP contribution in [0.3, 0.4) is 0 Å². The number of amides is 2. The molecule has 6 nitrogen and oxygen atoms in total. The van der Waals surface area contributed by atoms with Gasteiger partial charge < -0.3 is 25.2 Å².